The van der Waals surface area contributed by atoms with Gasteiger partial charge >= 0.3 is 0 Å². The molecule has 1 rings (SSSR count). The summed E-state index contributed by atoms with van der Waals surface area (Å²) in [6.45, 7) is 2.97. The molecule has 0 saturated carbocycles. The Bertz CT molecular complexity index is 341. The highest BCUT2D eigenvalue weighted by molar-refractivity contribution is 7.98. The van der Waals surface area contributed by atoms with Crippen LogP contribution >= 0.6 is 23.4 Å². The van der Waals surface area contributed by atoms with Gasteiger partial charge in [0.15, 0.2) is 0 Å². The second-order valence-corrected chi connectivity index (χ2v) is 5.34. The summed E-state index contributed by atoms with van der Waals surface area (Å²) >= 11 is 7.50. The molecule has 4 nitrogen and oxygen atoms in total. The maximum absolute atomic E-state index is 9.93. The minimum Gasteiger partial charge on any atom is -0.388 e. The first-order valence-corrected chi connectivity index (χ1v) is 6.81. The summed E-state index contributed by atoms with van der Waals surface area (Å²) in [6, 6.07) is 0. The molecular formula is C10H18ClN3OS. The lowest BCUT2D eigenvalue weighted by Gasteiger charge is -2.22. The molecule has 6 heteroatoms. The van der Waals surface area contributed by atoms with Crippen molar-refractivity contribution in [2.24, 2.45) is 7.05 Å². The van der Waals surface area contributed by atoms with E-state index in [9.17, 15) is 5.11 Å². The van der Waals surface area contributed by atoms with Gasteiger partial charge in [0, 0.05) is 19.3 Å². The summed E-state index contributed by atoms with van der Waals surface area (Å²) in [4.78, 5) is 4.16. The van der Waals surface area contributed by atoms with Gasteiger partial charge in [0.25, 0.3) is 0 Å². The van der Waals surface area contributed by atoms with Crippen molar-refractivity contribution in [3.8, 4) is 0 Å². The SMILES string of the molecule is CSCC(C)(O)CNCc1ncc(Cl)n1C. The Balaban J connectivity index is 2.38. The highest BCUT2D eigenvalue weighted by Crippen LogP contribution is 2.11. The van der Waals surface area contributed by atoms with E-state index in [4.69, 9.17) is 11.6 Å². The molecule has 16 heavy (non-hydrogen) atoms. The Kier molecular flexibility index (Phi) is 5.11. The third-order valence-corrected chi connectivity index (χ3v) is 3.53. The second kappa shape index (κ2) is 5.91. The van der Waals surface area contributed by atoms with E-state index in [1.54, 1.807) is 18.0 Å². The number of rotatable bonds is 6. The van der Waals surface area contributed by atoms with Gasteiger partial charge < -0.3 is 15.0 Å². The molecule has 1 aromatic heterocycles. The van der Waals surface area contributed by atoms with Gasteiger partial charge in [-0.05, 0) is 13.2 Å². The van der Waals surface area contributed by atoms with Gasteiger partial charge in [-0.25, -0.2) is 4.98 Å². The zero-order valence-corrected chi connectivity index (χ0v) is 11.4. The van der Waals surface area contributed by atoms with E-state index in [0.717, 1.165) is 5.82 Å². The number of aromatic nitrogens is 2. The van der Waals surface area contributed by atoms with Crippen LogP contribution in [0.15, 0.2) is 6.20 Å². The average Bonchev–Trinajstić information content (AvgIpc) is 2.49. The van der Waals surface area contributed by atoms with Crippen molar-refractivity contribution in [3.05, 3.63) is 17.2 Å². The molecule has 0 saturated heterocycles. The van der Waals surface area contributed by atoms with Crippen molar-refractivity contribution in [1.82, 2.24) is 14.9 Å². The third kappa shape index (κ3) is 3.97. The van der Waals surface area contributed by atoms with Crippen LogP contribution in [0.1, 0.15) is 12.7 Å². The number of nitrogens with zero attached hydrogens (tertiary/aromatic N) is 2. The highest BCUT2D eigenvalue weighted by atomic mass is 35.5. The van der Waals surface area contributed by atoms with Crippen LogP contribution in [-0.2, 0) is 13.6 Å². The van der Waals surface area contributed by atoms with Gasteiger partial charge in [-0.3, -0.25) is 0 Å². The van der Waals surface area contributed by atoms with E-state index >= 15 is 0 Å². The van der Waals surface area contributed by atoms with Crippen molar-refractivity contribution in [1.29, 1.82) is 0 Å². The molecule has 1 atom stereocenters. The molecule has 0 aromatic carbocycles. The second-order valence-electron chi connectivity index (χ2n) is 4.09. The van der Waals surface area contributed by atoms with Crippen molar-refractivity contribution in [2.45, 2.75) is 19.1 Å². The number of hydrogen-bond donors (Lipinski definition) is 2. The zero-order valence-electron chi connectivity index (χ0n) is 9.83. The maximum atomic E-state index is 9.93. The van der Waals surface area contributed by atoms with Crippen LogP contribution in [0.3, 0.4) is 0 Å². The molecule has 0 bridgehead atoms. The molecule has 0 fully saturated rings. The largest absolute Gasteiger partial charge is 0.388 e. The van der Waals surface area contributed by atoms with Crippen LogP contribution < -0.4 is 5.32 Å². The fourth-order valence-corrected chi connectivity index (χ4v) is 2.26. The standard InChI is InChI=1S/C10H18ClN3OS/c1-10(15,7-16-3)6-12-5-9-13-4-8(11)14(9)2/h4,12,15H,5-7H2,1-3H3. The molecule has 1 heterocycles. The summed E-state index contributed by atoms with van der Waals surface area (Å²) < 4.78 is 1.82. The van der Waals surface area contributed by atoms with E-state index in [1.165, 1.54) is 0 Å². The van der Waals surface area contributed by atoms with Crippen molar-refractivity contribution < 1.29 is 5.11 Å². The van der Waals surface area contributed by atoms with E-state index in [-0.39, 0.29) is 0 Å². The molecular weight excluding hydrogens is 246 g/mol. The van der Waals surface area contributed by atoms with Crippen molar-refractivity contribution in [2.75, 3.05) is 18.6 Å². The highest BCUT2D eigenvalue weighted by Gasteiger charge is 2.19. The van der Waals surface area contributed by atoms with Gasteiger partial charge in [-0.1, -0.05) is 11.6 Å². The van der Waals surface area contributed by atoms with Crippen LogP contribution in [0.2, 0.25) is 5.15 Å². The van der Waals surface area contributed by atoms with Gasteiger partial charge in [0.2, 0.25) is 0 Å². The van der Waals surface area contributed by atoms with Gasteiger partial charge in [-0.15, -0.1) is 0 Å². The molecule has 2 N–H and O–H groups in total. The quantitative estimate of drug-likeness (QED) is 0.812. The Morgan fingerprint density at radius 1 is 1.69 bits per heavy atom. The van der Waals surface area contributed by atoms with Gasteiger partial charge in [-0.2, -0.15) is 11.8 Å². The van der Waals surface area contributed by atoms with Crippen molar-refractivity contribution in [3.63, 3.8) is 0 Å². The predicted octanol–water partition coefficient (Wildman–Crippen LogP) is 1.28. The van der Waals surface area contributed by atoms with Crippen LogP contribution in [0.5, 0.6) is 0 Å². The summed E-state index contributed by atoms with van der Waals surface area (Å²) in [5, 5.41) is 13.7. The van der Waals surface area contributed by atoms with E-state index in [0.29, 0.717) is 24.0 Å². The van der Waals surface area contributed by atoms with Crippen LogP contribution in [0.25, 0.3) is 0 Å². The summed E-state index contributed by atoms with van der Waals surface area (Å²) in [6.07, 6.45) is 3.60. The zero-order chi connectivity index (χ0) is 12.2. The number of thioether (sulfide) groups is 1. The lowest BCUT2D eigenvalue weighted by molar-refractivity contribution is 0.0843. The summed E-state index contributed by atoms with van der Waals surface area (Å²) in [5.74, 6) is 1.58. The van der Waals surface area contributed by atoms with Gasteiger partial charge in [0.1, 0.15) is 11.0 Å². The molecule has 92 valence electrons. The van der Waals surface area contributed by atoms with Gasteiger partial charge in [0.05, 0.1) is 18.3 Å². The topological polar surface area (TPSA) is 50.1 Å². The predicted molar refractivity (Wildman–Crippen MR) is 68.9 cm³/mol. The number of hydrogen-bond acceptors (Lipinski definition) is 4. The number of halogens is 1. The van der Waals surface area contributed by atoms with E-state index in [1.807, 2.05) is 24.8 Å². The minimum absolute atomic E-state index is 0.540. The maximum Gasteiger partial charge on any atom is 0.128 e. The Hall–Kier alpha value is -0.230. The van der Waals surface area contributed by atoms with E-state index < -0.39 is 5.60 Å². The fourth-order valence-electron chi connectivity index (χ4n) is 1.39. The molecule has 0 spiro atoms. The molecule has 0 aliphatic carbocycles. The van der Waals surface area contributed by atoms with Crippen LogP contribution in [0.4, 0.5) is 0 Å². The molecule has 0 aliphatic heterocycles. The molecule has 1 unspecified atom stereocenters. The average molecular weight is 264 g/mol. The Labute approximate surface area is 105 Å². The number of imidazole rings is 1. The molecule has 0 aliphatic rings. The molecule has 1 aromatic rings. The Morgan fingerprint density at radius 2 is 2.38 bits per heavy atom. The van der Waals surface area contributed by atoms with Crippen molar-refractivity contribution >= 4 is 23.4 Å². The first kappa shape index (κ1) is 13.8. The first-order chi connectivity index (χ1) is 7.46. The monoisotopic (exact) mass is 263 g/mol. The summed E-state index contributed by atoms with van der Waals surface area (Å²) in [7, 11) is 1.87. The Morgan fingerprint density at radius 3 is 2.88 bits per heavy atom. The first-order valence-electron chi connectivity index (χ1n) is 5.04. The molecule has 0 amide bonds. The van der Waals surface area contributed by atoms with Crippen LogP contribution in [0, 0.1) is 0 Å². The lowest BCUT2D eigenvalue weighted by Crippen LogP contribution is -2.40. The van der Waals surface area contributed by atoms with E-state index in [2.05, 4.69) is 10.3 Å². The number of aliphatic hydroxyl groups is 1. The summed E-state index contributed by atoms with van der Waals surface area (Å²) in [5.41, 5.74) is -0.686. The third-order valence-electron chi connectivity index (χ3n) is 2.27. The normalized spacial score (nSPS) is 15.1. The fraction of sp³-hybridized carbons (Fsp3) is 0.700. The smallest absolute Gasteiger partial charge is 0.128 e. The lowest BCUT2D eigenvalue weighted by atomic mass is 10.1. The molecule has 0 radical (unpaired) electrons. The minimum atomic E-state index is -0.686. The number of nitrogens with one attached hydrogen (secondary N) is 1. The van der Waals surface area contributed by atoms with Crippen LogP contribution in [-0.4, -0.2) is 38.8 Å².